The summed E-state index contributed by atoms with van der Waals surface area (Å²) in [5, 5.41) is 14.8. The van der Waals surface area contributed by atoms with Crippen LogP contribution in [0.3, 0.4) is 0 Å². The lowest BCUT2D eigenvalue weighted by Crippen LogP contribution is -2.11. The van der Waals surface area contributed by atoms with Crippen LogP contribution in [0.25, 0.3) is 11.4 Å². The maximum atomic E-state index is 11.9. The van der Waals surface area contributed by atoms with E-state index in [-0.39, 0.29) is 18.8 Å². The molecule has 2 rings (SSSR count). The summed E-state index contributed by atoms with van der Waals surface area (Å²) in [5.74, 6) is 0.326. The third-order valence-corrected chi connectivity index (χ3v) is 2.56. The fourth-order valence-corrected chi connectivity index (χ4v) is 1.62. The first-order valence-corrected chi connectivity index (χ1v) is 6.06. The quantitative estimate of drug-likeness (QED) is 0.444. The van der Waals surface area contributed by atoms with Gasteiger partial charge < -0.3 is 4.74 Å². The molecule has 1 heterocycles. The molecule has 7 nitrogen and oxygen atoms in total. The summed E-state index contributed by atoms with van der Waals surface area (Å²) < 4.78 is 29.9. The molecule has 21 heavy (non-hydrogen) atoms. The molecule has 0 atom stereocenters. The van der Waals surface area contributed by atoms with E-state index in [0.717, 1.165) is 0 Å². The average molecular weight is 298 g/mol. The predicted molar refractivity (Wildman–Crippen MR) is 68.9 cm³/mol. The van der Waals surface area contributed by atoms with Crippen LogP contribution in [0.15, 0.2) is 30.6 Å². The molecule has 0 saturated heterocycles. The van der Waals surface area contributed by atoms with Gasteiger partial charge in [-0.3, -0.25) is 14.8 Å². The first kappa shape index (κ1) is 15.0. The number of halogens is 2. The zero-order chi connectivity index (χ0) is 15.2. The van der Waals surface area contributed by atoms with E-state index >= 15 is 0 Å². The number of ether oxygens (including phenoxy) is 1. The van der Waals surface area contributed by atoms with Crippen molar-refractivity contribution in [2.24, 2.45) is 0 Å². The largest absolute Gasteiger partial charge is 0.374 e. The Hall–Kier alpha value is -2.42. The van der Waals surface area contributed by atoms with E-state index in [1.54, 1.807) is 12.1 Å². The van der Waals surface area contributed by atoms with E-state index in [1.165, 1.54) is 23.1 Å². The molecular weight excluding hydrogens is 286 g/mol. The van der Waals surface area contributed by atoms with Crippen LogP contribution in [-0.2, 0) is 11.3 Å². The molecule has 0 aliphatic rings. The van der Waals surface area contributed by atoms with Gasteiger partial charge in [-0.25, -0.2) is 13.8 Å². The Balaban J connectivity index is 1.99. The highest BCUT2D eigenvalue weighted by atomic mass is 19.3. The van der Waals surface area contributed by atoms with Crippen molar-refractivity contribution in [2.75, 3.05) is 13.2 Å². The highest BCUT2D eigenvalue weighted by Gasteiger charge is 2.10. The van der Waals surface area contributed by atoms with Crippen LogP contribution in [0.1, 0.15) is 0 Å². The van der Waals surface area contributed by atoms with Crippen molar-refractivity contribution in [3.05, 3.63) is 40.7 Å². The third kappa shape index (κ3) is 4.28. The minimum Gasteiger partial charge on any atom is -0.374 e. The SMILES string of the molecule is O=[N+]([O-])c1cccc(-c2ncn(CCOCC(F)F)n2)c1. The normalized spacial score (nSPS) is 11.0. The van der Waals surface area contributed by atoms with Gasteiger partial charge in [-0.05, 0) is 0 Å². The number of rotatable bonds is 7. The second-order valence-corrected chi connectivity index (χ2v) is 4.10. The summed E-state index contributed by atoms with van der Waals surface area (Å²) >= 11 is 0. The molecule has 0 N–H and O–H groups in total. The Bertz CT molecular complexity index is 618. The zero-order valence-electron chi connectivity index (χ0n) is 10.9. The number of nitro benzene ring substituents is 1. The smallest absolute Gasteiger partial charge is 0.270 e. The van der Waals surface area contributed by atoms with Crippen molar-refractivity contribution in [1.82, 2.24) is 14.8 Å². The van der Waals surface area contributed by atoms with E-state index in [9.17, 15) is 18.9 Å². The molecule has 0 fully saturated rings. The van der Waals surface area contributed by atoms with Crippen LogP contribution in [-0.4, -0.2) is 39.3 Å². The number of hydrogen-bond donors (Lipinski definition) is 0. The number of hydrogen-bond acceptors (Lipinski definition) is 5. The number of nitrogens with zero attached hydrogens (tertiary/aromatic N) is 4. The van der Waals surface area contributed by atoms with E-state index in [0.29, 0.717) is 11.4 Å². The second kappa shape index (κ2) is 6.84. The topological polar surface area (TPSA) is 83.1 Å². The lowest BCUT2D eigenvalue weighted by Gasteiger charge is -2.02. The molecule has 0 amide bonds. The standard InChI is InChI=1S/C12H12F2N4O3/c13-11(14)7-21-5-4-17-8-15-12(16-17)9-2-1-3-10(6-9)18(19)20/h1-3,6,8,11H,4-5,7H2. The van der Waals surface area contributed by atoms with E-state index in [1.807, 2.05) is 0 Å². The number of nitro groups is 1. The zero-order valence-corrected chi connectivity index (χ0v) is 10.9. The van der Waals surface area contributed by atoms with Crippen LogP contribution < -0.4 is 0 Å². The van der Waals surface area contributed by atoms with Crippen molar-refractivity contribution in [3.8, 4) is 11.4 Å². The Kier molecular flexibility index (Phi) is 4.88. The maximum absolute atomic E-state index is 11.9. The Morgan fingerprint density at radius 3 is 2.95 bits per heavy atom. The van der Waals surface area contributed by atoms with Crippen LogP contribution in [0.4, 0.5) is 14.5 Å². The first-order valence-electron chi connectivity index (χ1n) is 6.06. The lowest BCUT2D eigenvalue weighted by molar-refractivity contribution is -0.384. The van der Waals surface area contributed by atoms with Crippen LogP contribution in [0.2, 0.25) is 0 Å². The molecule has 0 bridgehead atoms. The van der Waals surface area contributed by atoms with Gasteiger partial charge >= 0.3 is 0 Å². The minimum atomic E-state index is -2.50. The van der Waals surface area contributed by atoms with Crippen molar-refractivity contribution < 1.29 is 18.4 Å². The number of aromatic nitrogens is 3. The monoisotopic (exact) mass is 298 g/mol. The first-order chi connectivity index (χ1) is 10.1. The van der Waals surface area contributed by atoms with E-state index in [2.05, 4.69) is 10.1 Å². The molecule has 112 valence electrons. The van der Waals surface area contributed by atoms with Gasteiger partial charge in [-0.1, -0.05) is 12.1 Å². The summed E-state index contributed by atoms with van der Waals surface area (Å²) in [5.41, 5.74) is 0.459. The molecule has 0 aliphatic carbocycles. The minimum absolute atomic E-state index is 0.0517. The predicted octanol–water partition coefficient (Wildman–Crippen LogP) is 2.13. The molecule has 0 spiro atoms. The van der Waals surface area contributed by atoms with Crippen molar-refractivity contribution >= 4 is 5.69 Å². The van der Waals surface area contributed by atoms with Gasteiger partial charge in [0.05, 0.1) is 18.1 Å². The summed E-state index contributed by atoms with van der Waals surface area (Å²) in [6.07, 6.45) is -1.08. The van der Waals surface area contributed by atoms with Crippen LogP contribution in [0, 0.1) is 10.1 Å². The summed E-state index contributed by atoms with van der Waals surface area (Å²) in [6.45, 7) is -0.261. The molecule has 1 aromatic carbocycles. The number of benzene rings is 1. The van der Waals surface area contributed by atoms with Crippen LogP contribution >= 0.6 is 0 Å². The highest BCUT2D eigenvalue weighted by Crippen LogP contribution is 2.20. The summed E-state index contributed by atoms with van der Waals surface area (Å²) in [4.78, 5) is 14.2. The third-order valence-electron chi connectivity index (χ3n) is 2.56. The Morgan fingerprint density at radius 2 is 2.24 bits per heavy atom. The van der Waals surface area contributed by atoms with E-state index < -0.39 is 18.0 Å². The van der Waals surface area contributed by atoms with Gasteiger partial charge in [0.2, 0.25) is 0 Å². The number of non-ortho nitro benzene ring substituents is 1. The molecule has 0 aliphatic heterocycles. The lowest BCUT2D eigenvalue weighted by atomic mass is 10.2. The molecular formula is C12H12F2N4O3. The van der Waals surface area contributed by atoms with Gasteiger partial charge in [0.25, 0.3) is 12.1 Å². The molecule has 1 aromatic heterocycles. The molecule has 2 aromatic rings. The Morgan fingerprint density at radius 1 is 1.43 bits per heavy atom. The van der Waals surface area contributed by atoms with Gasteiger partial charge in [-0.2, -0.15) is 5.10 Å². The fraction of sp³-hybridized carbons (Fsp3) is 0.333. The van der Waals surface area contributed by atoms with Crippen molar-refractivity contribution in [2.45, 2.75) is 13.0 Å². The van der Waals surface area contributed by atoms with Crippen molar-refractivity contribution in [1.29, 1.82) is 0 Å². The van der Waals surface area contributed by atoms with Gasteiger partial charge in [0.15, 0.2) is 5.82 Å². The van der Waals surface area contributed by atoms with Gasteiger partial charge in [0, 0.05) is 17.7 Å². The molecule has 0 unspecified atom stereocenters. The molecule has 9 heteroatoms. The van der Waals surface area contributed by atoms with Crippen molar-refractivity contribution in [3.63, 3.8) is 0 Å². The summed E-state index contributed by atoms with van der Waals surface area (Å²) in [7, 11) is 0. The van der Waals surface area contributed by atoms with Crippen LogP contribution in [0.5, 0.6) is 0 Å². The molecule has 0 saturated carbocycles. The highest BCUT2D eigenvalue weighted by molar-refractivity contribution is 5.58. The fourth-order valence-electron chi connectivity index (χ4n) is 1.62. The van der Waals surface area contributed by atoms with E-state index in [4.69, 9.17) is 4.74 Å². The Labute approximate surface area is 118 Å². The second-order valence-electron chi connectivity index (χ2n) is 4.10. The number of alkyl halides is 2. The van der Waals surface area contributed by atoms with Gasteiger partial charge in [0.1, 0.15) is 12.9 Å². The summed E-state index contributed by atoms with van der Waals surface area (Å²) in [6, 6.07) is 5.94. The average Bonchev–Trinajstić information content (AvgIpc) is 2.92. The van der Waals surface area contributed by atoms with Gasteiger partial charge in [-0.15, -0.1) is 0 Å². The molecule has 0 radical (unpaired) electrons. The maximum Gasteiger partial charge on any atom is 0.270 e.